The van der Waals surface area contributed by atoms with Crippen molar-refractivity contribution in [2.45, 2.75) is 96.7 Å². The number of rotatable bonds is 18. The number of nitrogens with one attached hydrogen (secondary N) is 1. The van der Waals surface area contributed by atoms with Gasteiger partial charge in [0, 0.05) is 51.3 Å². The summed E-state index contributed by atoms with van der Waals surface area (Å²) in [6, 6.07) is 1.29. The molecule has 1 aromatic heterocycles. The Bertz CT molecular complexity index is 935. The minimum atomic E-state index is -0.673. The average Bonchev–Trinajstić information content (AvgIpc) is 3.68. The van der Waals surface area contributed by atoms with E-state index in [2.05, 4.69) is 36.3 Å². The van der Waals surface area contributed by atoms with Gasteiger partial charge in [0.05, 0.1) is 5.02 Å². The van der Waals surface area contributed by atoms with Crippen LogP contribution in [0.15, 0.2) is 24.4 Å². The van der Waals surface area contributed by atoms with E-state index in [9.17, 15) is 14.4 Å². The molecule has 0 aromatic carbocycles. The van der Waals surface area contributed by atoms with Crippen LogP contribution in [0.3, 0.4) is 0 Å². The summed E-state index contributed by atoms with van der Waals surface area (Å²) in [6.07, 6.45) is 13.6. The first kappa shape index (κ1) is 31.6. The molecule has 1 aliphatic carbocycles. The Morgan fingerprint density at radius 3 is 2.55 bits per heavy atom. The van der Waals surface area contributed by atoms with E-state index < -0.39 is 6.04 Å². The molecule has 1 fully saturated rings. The van der Waals surface area contributed by atoms with Gasteiger partial charge in [-0.15, -0.1) is 0 Å². The molecule has 0 aliphatic heterocycles. The lowest BCUT2D eigenvalue weighted by Gasteiger charge is -2.29. The van der Waals surface area contributed by atoms with E-state index in [-0.39, 0.29) is 30.4 Å². The van der Waals surface area contributed by atoms with Gasteiger partial charge >= 0.3 is 0 Å². The fraction of sp³-hybridized carbons (Fsp3) is 0.655. The molecule has 2 atom stereocenters. The highest BCUT2D eigenvalue weighted by Crippen LogP contribution is 2.30. The molecule has 1 N–H and O–H groups in total. The molecule has 3 amide bonds. The summed E-state index contributed by atoms with van der Waals surface area (Å²) in [5.41, 5.74) is 0.720. The van der Waals surface area contributed by atoms with E-state index in [1.165, 1.54) is 11.1 Å². The van der Waals surface area contributed by atoms with Crippen molar-refractivity contribution in [2.24, 2.45) is 5.92 Å². The summed E-state index contributed by atoms with van der Waals surface area (Å²) in [4.78, 5) is 44.2. The van der Waals surface area contributed by atoms with Gasteiger partial charge in [0.2, 0.25) is 24.1 Å². The Labute approximate surface area is 233 Å². The molecular formula is C29H45ClN4O4. The summed E-state index contributed by atoms with van der Waals surface area (Å²) < 4.78 is 5.90. The first-order valence-corrected chi connectivity index (χ1v) is 14.2. The summed E-state index contributed by atoms with van der Waals surface area (Å²) in [6.45, 7) is 6.94. The monoisotopic (exact) mass is 548 g/mol. The number of unbranched alkanes of at least 4 members (excludes halogenated alkanes) is 2. The summed E-state index contributed by atoms with van der Waals surface area (Å²) in [5.74, 6) is 1.00. The molecule has 1 heterocycles. The molecule has 0 spiro atoms. The van der Waals surface area contributed by atoms with E-state index in [1.54, 1.807) is 25.1 Å². The Kier molecular flexibility index (Phi) is 13.6. The van der Waals surface area contributed by atoms with Gasteiger partial charge in [-0.25, -0.2) is 4.98 Å². The summed E-state index contributed by atoms with van der Waals surface area (Å²) in [7, 11) is 3.37. The second-order valence-electron chi connectivity index (χ2n) is 10.8. The number of amides is 3. The molecule has 9 heteroatoms. The minimum Gasteiger partial charge on any atom is -0.474 e. The number of hydrogen-bond donors (Lipinski definition) is 1. The maximum Gasteiger partial charge on any atom is 0.245 e. The van der Waals surface area contributed by atoms with Crippen LogP contribution < -0.4 is 10.1 Å². The quantitative estimate of drug-likeness (QED) is 0.162. The summed E-state index contributed by atoms with van der Waals surface area (Å²) >= 11 is 6.17. The van der Waals surface area contributed by atoms with Crippen molar-refractivity contribution >= 4 is 29.8 Å². The zero-order valence-corrected chi connectivity index (χ0v) is 24.4. The fourth-order valence-corrected chi connectivity index (χ4v) is 4.47. The molecule has 38 heavy (non-hydrogen) atoms. The van der Waals surface area contributed by atoms with Crippen LogP contribution in [-0.4, -0.2) is 71.8 Å². The van der Waals surface area contributed by atoms with Crippen LogP contribution in [0.5, 0.6) is 5.88 Å². The van der Waals surface area contributed by atoms with Gasteiger partial charge < -0.3 is 19.9 Å². The molecular weight excluding hydrogens is 504 g/mol. The minimum absolute atomic E-state index is 0.0950. The molecule has 0 bridgehead atoms. The average molecular weight is 549 g/mol. The van der Waals surface area contributed by atoms with Crippen molar-refractivity contribution in [3.63, 3.8) is 0 Å². The molecule has 2 rings (SSSR count). The highest BCUT2D eigenvalue weighted by molar-refractivity contribution is 6.30. The van der Waals surface area contributed by atoms with Crippen LogP contribution in [-0.2, 0) is 20.8 Å². The van der Waals surface area contributed by atoms with Crippen molar-refractivity contribution in [3.05, 3.63) is 35.0 Å². The number of ether oxygens (including phenoxy) is 1. The van der Waals surface area contributed by atoms with Crippen LogP contribution >= 0.6 is 11.6 Å². The van der Waals surface area contributed by atoms with E-state index in [0.29, 0.717) is 36.2 Å². The highest BCUT2D eigenvalue weighted by atomic mass is 35.5. The van der Waals surface area contributed by atoms with Crippen LogP contribution in [0.4, 0.5) is 0 Å². The number of likely N-dealkylation sites (N-methyl/N-ethyl adjacent to an activating group) is 2. The summed E-state index contributed by atoms with van der Waals surface area (Å²) in [5, 5.41) is 3.51. The number of pyridine rings is 1. The molecule has 1 saturated carbocycles. The lowest BCUT2D eigenvalue weighted by Crippen LogP contribution is -2.47. The van der Waals surface area contributed by atoms with E-state index >= 15 is 0 Å². The molecule has 8 nitrogen and oxygen atoms in total. The van der Waals surface area contributed by atoms with Gasteiger partial charge in [0.25, 0.3) is 0 Å². The fourth-order valence-electron chi connectivity index (χ4n) is 4.29. The van der Waals surface area contributed by atoms with Crippen LogP contribution in [0.25, 0.3) is 0 Å². The van der Waals surface area contributed by atoms with Crippen LogP contribution in [0.1, 0.15) is 77.7 Å². The van der Waals surface area contributed by atoms with Gasteiger partial charge in [-0.05, 0) is 63.9 Å². The molecule has 0 saturated heterocycles. The highest BCUT2D eigenvalue weighted by Gasteiger charge is 2.30. The molecule has 1 aromatic rings. The molecule has 212 valence electrons. The van der Waals surface area contributed by atoms with Gasteiger partial charge in [-0.3, -0.25) is 14.4 Å². The number of aromatic nitrogens is 1. The third-order valence-electron chi connectivity index (χ3n) is 6.48. The second kappa shape index (κ2) is 16.4. The Morgan fingerprint density at radius 1 is 1.18 bits per heavy atom. The number of halogens is 1. The SMILES string of the molecule is CC(C)CC(C)NC(=O)CC/C=C\CCCCN(C)C(=O)C(Cc1cc(Cl)cnc1OC1CC1)N(C)C=O. The standard InChI is InChI=1S/C29H45ClN4O4/c1-21(2)16-22(3)32-27(36)12-10-8-6-7-9-11-15-33(4)29(37)26(34(5)20-35)18-23-17-24(30)19-31-28(23)38-25-13-14-25/h6,8,17,19-22,25-26H,7,9-16,18H2,1-5H3,(H,32,36)/b8-6-. The number of carbonyl (C=O) groups is 3. The largest absolute Gasteiger partial charge is 0.474 e. The van der Waals surface area contributed by atoms with Gasteiger partial charge in [-0.1, -0.05) is 37.6 Å². The van der Waals surface area contributed by atoms with Crippen molar-refractivity contribution in [1.82, 2.24) is 20.1 Å². The van der Waals surface area contributed by atoms with Crippen molar-refractivity contribution in [1.29, 1.82) is 0 Å². The third-order valence-corrected chi connectivity index (χ3v) is 6.69. The number of nitrogens with zero attached hydrogens (tertiary/aromatic N) is 3. The molecule has 2 unspecified atom stereocenters. The predicted octanol–water partition coefficient (Wildman–Crippen LogP) is 4.79. The zero-order valence-electron chi connectivity index (χ0n) is 23.6. The Balaban J connectivity index is 1.76. The molecule has 0 radical (unpaired) electrons. The van der Waals surface area contributed by atoms with E-state index in [4.69, 9.17) is 16.3 Å². The van der Waals surface area contributed by atoms with Crippen molar-refractivity contribution < 1.29 is 19.1 Å². The maximum atomic E-state index is 13.3. The van der Waals surface area contributed by atoms with Gasteiger partial charge in [-0.2, -0.15) is 0 Å². The number of hydrogen-bond acceptors (Lipinski definition) is 5. The first-order chi connectivity index (χ1) is 18.1. The third kappa shape index (κ3) is 11.8. The van der Waals surface area contributed by atoms with E-state index in [1.807, 2.05) is 6.92 Å². The second-order valence-corrected chi connectivity index (χ2v) is 11.2. The number of allylic oxidation sites excluding steroid dienone is 2. The van der Waals surface area contributed by atoms with Gasteiger partial charge in [0.15, 0.2) is 0 Å². The Morgan fingerprint density at radius 2 is 1.89 bits per heavy atom. The lowest BCUT2D eigenvalue weighted by atomic mass is 10.0. The van der Waals surface area contributed by atoms with Gasteiger partial charge in [0.1, 0.15) is 12.1 Å². The topological polar surface area (TPSA) is 91.8 Å². The van der Waals surface area contributed by atoms with Crippen LogP contribution in [0, 0.1) is 5.92 Å². The van der Waals surface area contributed by atoms with Crippen LogP contribution in [0.2, 0.25) is 5.02 Å². The zero-order chi connectivity index (χ0) is 28.1. The Hall–Kier alpha value is -2.61. The van der Waals surface area contributed by atoms with E-state index in [0.717, 1.165) is 50.5 Å². The lowest BCUT2D eigenvalue weighted by molar-refractivity contribution is -0.138. The predicted molar refractivity (Wildman–Crippen MR) is 151 cm³/mol. The van der Waals surface area contributed by atoms with Crippen molar-refractivity contribution in [3.8, 4) is 5.88 Å². The first-order valence-electron chi connectivity index (χ1n) is 13.8. The van der Waals surface area contributed by atoms with Crippen molar-refractivity contribution in [2.75, 3.05) is 20.6 Å². The normalized spacial score (nSPS) is 14.8. The smallest absolute Gasteiger partial charge is 0.245 e. The maximum absolute atomic E-state index is 13.3. The molecule has 1 aliphatic rings. The number of carbonyl (C=O) groups excluding carboxylic acids is 3.